The Hall–Kier alpha value is -1.10. The summed E-state index contributed by atoms with van der Waals surface area (Å²) < 4.78 is 4.72. The van der Waals surface area contributed by atoms with Crippen molar-refractivity contribution in [2.24, 2.45) is 5.41 Å². The first-order valence-corrected chi connectivity index (χ1v) is 7.51. The molecule has 0 radical (unpaired) electrons. The van der Waals surface area contributed by atoms with Crippen LogP contribution >= 0.6 is 11.3 Å². The average molecular weight is 282 g/mol. The van der Waals surface area contributed by atoms with E-state index in [1.54, 1.807) is 6.20 Å². The monoisotopic (exact) mass is 282 g/mol. The molecular formula is C14H22N2O2S. The molecule has 1 aromatic heterocycles. The third-order valence-corrected chi connectivity index (χ3v) is 5.11. The van der Waals surface area contributed by atoms with Crippen molar-refractivity contribution < 1.29 is 9.53 Å². The van der Waals surface area contributed by atoms with Crippen LogP contribution in [0, 0.1) is 5.41 Å². The van der Waals surface area contributed by atoms with Gasteiger partial charge in [0.2, 0.25) is 0 Å². The summed E-state index contributed by atoms with van der Waals surface area (Å²) in [6.07, 6.45) is 6.48. The van der Waals surface area contributed by atoms with E-state index in [1.165, 1.54) is 44.1 Å². The van der Waals surface area contributed by atoms with Gasteiger partial charge >= 0.3 is 5.97 Å². The number of ether oxygens (including phenoxy) is 1. The number of nitrogens with zero attached hydrogens (tertiary/aromatic N) is 2. The van der Waals surface area contributed by atoms with E-state index in [1.807, 2.05) is 0 Å². The molecule has 0 unspecified atom stereocenters. The number of carbonyl (C=O) groups is 1. The summed E-state index contributed by atoms with van der Waals surface area (Å²) in [5.74, 6) is -0.304. The molecule has 0 aliphatic heterocycles. The van der Waals surface area contributed by atoms with Crippen LogP contribution < -0.4 is 4.90 Å². The predicted octanol–water partition coefficient (Wildman–Crippen LogP) is 3.33. The minimum atomic E-state index is -0.304. The minimum Gasteiger partial charge on any atom is -0.465 e. The Kier molecular flexibility index (Phi) is 4.13. The van der Waals surface area contributed by atoms with Gasteiger partial charge < -0.3 is 9.64 Å². The second kappa shape index (κ2) is 5.49. The molecule has 1 aromatic rings. The van der Waals surface area contributed by atoms with Crippen molar-refractivity contribution >= 4 is 22.4 Å². The van der Waals surface area contributed by atoms with Gasteiger partial charge in [-0.1, -0.05) is 25.2 Å². The molecule has 1 fully saturated rings. The highest BCUT2D eigenvalue weighted by Gasteiger charge is 2.30. The summed E-state index contributed by atoms with van der Waals surface area (Å²) in [5, 5.41) is 0.908. The van der Waals surface area contributed by atoms with Crippen molar-refractivity contribution in [3.63, 3.8) is 0 Å². The summed E-state index contributed by atoms with van der Waals surface area (Å²) in [6, 6.07) is 0.532. The van der Waals surface area contributed by atoms with E-state index in [-0.39, 0.29) is 5.97 Å². The van der Waals surface area contributed by atoms with Gasteiger partial charge in [-0.05, 0) is 31.1 Å². The van der Waals surface area contributed by atoms with E-state index in [9.17, 15) is 4.79 Å². The second-order valence-corrected chi connectivity index (χ2v) is 7.01. The molecule has 0 saturated heterocycles. The van der Waals surface area contributed by atoms with Crippen molar-refractivity contribution in [2.75, 3.05) is 19.1 Å². The Morgan fingerprint density at radius 2 is 2.11 bits per heavy atom. The van der Waals surface area contributed by atoms with Crippen LogP contribution in [0.1, 0.15) is 49.2 Å². The van der Waals surface area contributed by atoms with Gasteiger partial charge in [-0.3, -0.25) is 0 Å². The van der Waals surface area contributed by atoms with Crippen molar-refractivity contribution in [1.82, 2.24) is 4.98 Å². The van der Waals surface area contributed by atoms with Crippen LogP contribution in [0.15, 0.2) is 6.20 Å². The molecule has 0 spiro atoms. The Bertz CT molecular complexity index is 446. The largest absolute Gasteiger partial charge is 0.465 e. The Labute approximate surface area is 118 Å². The van der Waals surface area contributed by atoms with Gasteiger partial charge in [0.1, 0.15) is 4.88 Å². The highest BCUT2D eigenvalue weighted by molar-refractivity contribution is 7.17. The third-order valence-electron chi connectivity index (χ3n) is 4.04. The van der Waals surface area contributed by atoms with Crippen molar-refractivity contribution in [1.29, 1.82) is 0 Å². The molecule has 1 aliphatic carbocycles. The van der Waals surface area contributed by atoms with E-state index < -0.39 is 0 Å². The van der Waals surface area contributed by atoms with Crippen LogP contribution in [0.25, 0.3) is 0 Å². The lowest BCUT2D eigenvalue weighted by Gasteiger charge is -2.38. The number of rotatable bonds is 3. The van der Waals surface area contributed by atoms with Gasteiger partial charge in [0.25, 0.3) is 0 Å². The molecule has 106 valence electrons. The van der Waals surface area contributed by atoms with Crippen molar-refractivity contribution in [3.05, 3.63) is 11.1 Å². The summed E-state index contributed by atoms with van der Waals surface area (Å²) >= 11 is 1.41. The van der Waals surface area contributed by atoms with Crippen LogP contribution in [0.2, 0.25) is 0 Å². The number of hydrogen-bond donors (Lipinski definition) is 0. The highest BCUT2D eigenvalue weighted by atomic mass is 32.1. The lowest BCUT2D eigenvalue weighted by molar-refractivity contribution is 0.0606. The predicted molar refractivity (Wildman–Crippen MR) is 77.9 cm³/mol. The first-order chi connectivity index (χ1) is 8.93. The zero-order valence-electron chi connectivity index (χ0n) is 12.1. The van der Waals surface area contributed by atoms with Crippen molar-refractivity contribution in [2.45, 2.75) is 45.6 Å². The van der Waals surface area contributed by atoms with Gasteiger partial charge in [0.05, 0.1) is 13.3 Å². The molecule has 1 heterocycles. The molecule has 0 amide bonds. The van der Waals surface area contributed by atoms with E-state index in [2.05, 4.69) is 30.8 Å². The van der Waals surface area contributed by atoms with Crippen LogP contribution in [-0.4, -0.2) is 31.2 Å². The summed E-state index contributed by atoms with van der Waals surface area (Å²) in [7, 11) is 3.47. The molecule has 0 N–H and O–H groups in total. The standard InChI is InChI=1S/C14H22N2O2S/c1-14(2)7-5-10(6-8-14)16(3)13-15-9-11(19-13)12(17)18-4/h9-10H,5-8H2,1-4H3. The lowest BCUT2D eigenvalue weighted by atomic mass is 9.75. The Morgan fingerprint density at radius 3 is 2.68 bits per heavy atom. The topological polar surface area (TPSA) is 42.4 Å². The smallest absolute Gasteiger partial charge is 0.349 e. The number of anilines is 1. The fourth-order valence-corrected chi connectivity index (χ4v) is 3.42. The molecule has 1 saturated carbocycles. The lowest BCUT2D eigenvalue weighted by Crippen LogP contribution is -2.37. The summed E-state index contributed by atoms with van der Waals surface area (Å²) in [5.41, 5.74) is 0.470. The normalized spacial score (nSPS) is 19.2. The maximum absolute atomic E-state index is 11.4. The third kappa shape index (κ3) is 3.26. The SMILES string of the molecule is COC(=O)c1cnc(N(C)C2CCC(C)(C)CC2)s1. The molecule has 0 bridgehead atoms. The average Bonchev–Trinajstić information content (AvgIpc) is 2.86. The number of hydrogen-bond acceptors (Lipinski definition) is 5. The quantitative estimate of drug-likeness (QED) is 0.797. The van der Waals surface area contributed by atoms with Gasteiger partial charge in [-0.15, -0.1) is 0 Å². The van der Waals surface area contributed by atoms with Crippen LogP contribution in [0.4, 0.5) is 5.13 Å². The van der Waals surface area contributed by atoms with Gasteiger partial charge in [0, 0.05) is 13.1 Å². The molecule has 4 nitrogen and oxygen atoms in total. The van der Waals surface area contributed by atoms with E-state index >= 15 is 0 Å². The van der Waals surface area contributed by atoms with E-state index in [4.69, 9.17) is 4.74 Å². The number of carbonyl (C=O) groups excluding carboxylic acids is 1. The molecule has 1 aliphatic rings. The fraction of sp³-hybridized carbons (Fsp3) is 0.714. The zero-order chi connectivity index (χ0) is 14.0. The number of methoxy groups -OCH3 is 1. The Balaban J connectivity index is 2.02. The molecule has 2 rings (SSSR count). The number of esters is 1. The zero-order valence-corrected chi connectivity index (χ0v) is 12.9. The molecule has 0 aromatic carbocycles. The number of thiazole rings is 1. The molecule has 0 atom stereocenters. The maximum Gasteiger partial charge on any atom is 0.349 e. The van der Waals surface area contributed by atoms with Gasteiger partial charge in [0.15, 0.2) is 5.13 Å². The minimum absolute atomic E-state index is 0.304. The second-order valence-electron chi connectivity index (χ2n) is 6.00. The molecular weight excluding hydrogens is 260 g/mol. The Morgan fingerprint density at radius 1 is 1.47 bits per heavy atom. The van der Waals surface area contributed by atoms with Crippen LogP contribution in [-0.2, 0) is 4.74 Å². The van der Waals surface area contributed by atoms with Gasteiger partial charge in [-0.2, -0.15) is 0 Å². The molecule has 19 heavy (non-hydrogen) atoms. The van der Waals surface area contributed by atoms with Crippen LogP contribution in [0.3, 0.4) is 0 Å². The van der Waals surface area contributed by atoms with Crippen molar-refractivity contribution in [3.8, 4) is 0 Å². The molecule has 5 heteroatoms. The first kappa shape index (κ1) is 14.3. The maximum atomic E-state index is 11.4. The highest BCUT2D eigenvalue weighted by Crippen LogP contribution is 2.38. The number of aromatic nitrogens is 1. The van der Waals surface area contributed by atoms with Gasteiger partial charge in [-0.25, -0.2) is 9.78 Å². The first-order valence-electron chi connectivity index (χ1n) is 6.70. The van der Waals surface area contributed by atoms with E-state index in [0.717, 1.165) is 5.13 Å². The van der Waals surface area contributed by atoms with E-state index in [0.29, 0.717) is 16.3 Å². The summed E-state index contributed by atoms with van der Waals surface area (Å²) in [4.78, 5) is 18.6. The summed E-state index contributed by atoms with van der Waals surface area (Å²) in [6.45, 7) is 4.67. The fourth-order valence-electron chi connectivity index (χ4n) is 2.55. The van der Waals surface area contributed by atoms with Crippen LogP contribution in [0.5, 0.6) is 0 Å².